The number of hydrogen-bond acceptors (Lipinski definition) is 2. The fourth-order valence-corrected chi connectivity index (χ4v) is 2.57. The van der Waals surface area contributed by atoms with Crippen LogP contribution in [-0.4, -0.2) is 18.8 Å². The summed E-state index contributed by atoms with van der Waals surface area (Å²) in [6.45, 7) is 5.12. The van der Waals surface area contributed by atoms with Crippen molar-refractivity contribution in [1.82, 2.24) is 0 Å². The molecule has 14 heavy (non-hydrogen) atoms. The van der Waals surface area contributed by atoms with Gasteiger partial charge in [0.1, 0.15) is 0 Å². The Morgan fingerprint density at radius 3 is 2.71 bits per heavy atom. The van der Waals surface area contributed by atoms with E-state index in [1.807, 2.05) is 0 Å². The molecule has 3 atom stereocenters. The van der Waals surface area contributed by atoms with E-state index in [4.69, 9.17) is 10.5 Å². The van der Waals surface area contributed by atoms with E-state index < -0.39 is 0 Å². The molecule has 2 nitrogen and oxygen atoms in total. The molecule has 3 unspecified atom stereocenters. The Labute approximate surface area is 88.2 Å². The van der Waals surface area contributed by atoms with Gasteiger partial charge in [-0.25, -0.2) is 0 Å². The predicted octanol–water partition coefficient (Wildman–Crippen LogP) is 2.71. The Kier molecular flexibility index (Phi) is 5.49. The number of nitrogens with two attached hydrogens (primary N) is 1. The minimum atomic E-state index is 0.272. The molecule has 1 aliphatic rings. The van der Waals surface area contributed by atoms with Crippen molar-refractivity contribution in [2.24, 2.45) is 11.7 Å². The van der Waals surface area contributed by atoms with Gasteiger partial charge in [-0.15, -0.1) is 0 Å². The zero-order valence-electron chi connectivity index (χ0n) is 9.67. The van der Waals surface area contributed by atoms with Crippen LogP contribution in [0.2, 0.25) is 0 Å². The van der Waals surface area contributed by atoms with Crippen LogP contribution in [0.15, 0.2) is 0 Å². The van der Waals surface area contributed by atoms with E-state index in [-0.39, 0.29) is 6.04 Å². The summed E-state index contributed by atoms with van der Waals surface area (Å²) in [5.74, 6) is 0.848. The summed E-state index contributed by atoms with van der Waals surface area (Å²) in [5, 5.41) is 0. The van der Waals surface area contributed by atoms with Crippen molar-refractivity contribution in [1.29, 1.82) is 0 Å². The van der Waals surface area contributed by atoms with E-state index >= 15 is 0 Å². The third kappa shape index (κ3) is 3.58. The minimum absolute atomic E-state index is 0.272. The second kappa shape index (κ2) is 6.41. The van der Waals surface area contributed by atoms with E-state index in [9.17, 15) is 0 Å². The smallest absolute Gasteiger partial charge is 0.0725 e. The molecule has 2 N–H and O–H groups in total. The standard InChI is InChI=1S/C12H25NO/c1-3-6-10-7-5-8-12(14-4-2)11(13)9-10/h10-12H,3-9,13H2,1-2H3. The van der Waals surface area contributed by atoms with Crippen LogP contribution >= 0.6 is 0 Å². The molecular weight excluding hydrogens is 174 g/mol. The van der Waals surface area contributed by atoms with Gasteiger partial charge in [-0.1, -0.05) is 32.6 Å². The van der Waals surface area contributed by atoms with Crippen LogP contribution in [0.1, 0.15) is 52.4 Å². The van der Waals surface area contributed by atoms with Crippen LogP contribution < -0.4 is 5.73 Å². The van der Waals surface area contributed by atoms with Crippen LogP contribution in [0.3, 0.4) is 0 Å². The SMILES string of the molecule is CCCC1CCCC(OCC)C(N)C1. The molecule has 1 saturated carbocycles. The molecule has 0 saturated heterocycles. The molecule has 0 aliphatic heterocycles. The fraction of sp³-hybridized carbons (Fsp3) is 1.00. The summed E-state index contributed by atoms with van der Waals surface area (Å²) in [6.07, 6.45) is 7.92. The molecule has 0 amide bonds. The van der Waals surface area contributed by atoms with Crippen LogP contribution in [0.25, 0.3) is 0 Å². The van der Waals surface area contributed by atoms with Gasteiger partial charge in [-0.3, -0.25) is 0 Å². The first-order valence-corrected chi connectivity index (χ1v) is 6.15. The maximum Gasteiger partial charge on any atom is 0.0725 e. The van der Waals surface area contributed by atoms with Crippen molar-refractivity contribution in [3.05, 3.63) is 0 Å². The van der Waals surface area contributed by atoms with E-state index in [2.05, 4.69) is 13.8 Å². The monoisotopic (exact) mass is 199 g/mol. The average Bonchev–Trinajstić information content (AvgIpc) is 2.31. The first-order chi connectivity index (χ1) is 6.77. The minimum Gasteiger partial charge on any atom is -0.377 e. The molecule has 0 spiro atoms. The molecule has 0 aromatic carbocycles. The Balaban J connectivity index is 2.39. The second-order valence-corrected chi connectivity index (χ2v) is 4.48. The number of hydrogen-bond donors (Lipinski definition) is 1. The Bertz CT molecular complexity index is 149. The molecule has 0 radical (unpaired) electrons. The molecule has 84 valence electrons. The van der Waals surface area contributed by atoms with Crippen molar-refractivity contribution >= 4 is 0 Å². The molecule has 1 rings (SSSR count). The third-order valence-corrected chi connectivity index (χ3v) is 3.26. The first-order valence-electron chi connectivity index (χ1n) is 6.15. The summed E-state index contributed by atoms with van der Waals surface area (Å²) in [6, 6.07) is 0.272. The lowest BCUT2D eigenvalue weighted by molar-refractivity contribution is 0.0386. The molecule has 1 fully saturated rings. The van der Waals surface area contributed by atoms with E-state index in [0.29, 0.717) is 6.10 Å². The van der Waals surface area contributed by atoms with Crippen LogP contribution in [0.4, 0.5) is 0 Å². The van der Waals surface area contributed by atoms with Crippen molar-refractivity contribution < 1.29 is 4.74 Å². The maximum absolute atomic E-state index is 6.16. The van der Waals surface area contributed by atoms with Crippen molar-refractivity contribution in [3.63, 3.8) is 0 Å². The third-order valence-electron chi connectivity index (χ3n) is 3.26. The molecule has 0 aromatic heterocycles. The second-order valence-electron chi connectivity index (χ2n) is 4.48. The van der Waals surface area contributed by atoms with Crippen molar-refractivity contribution in [2.75, 3.05) is 6.61 Å². The quantitative estimate of drug-likeness (QED) is 0.707. The van der Waals surface area contributed by atoms with Crippen molar-refractivity contribution in [3.8, 4) is 0 Å². The lowest BCUT2D eigenvalue weighted by atomic mass is 9.93. The van der Waals surface area contributed by atoms with E-state index in [0.717, 1.165) is 18.9 Å². The maximum atomic E-state index is 6.16. The van der Waals surface area contributed by atoms with Gasteiger partial charge >= 0.3 is 0 Å². The molecule has 0 bridgehead atoms. The van der Waals surface area contributed by atoms with Gasteiger partial charge in [-0.2, -0.15) is 0 Å². The Hall–Kier alpha value is -0.0800. The highest BCUT2D eigenvalue weighted by atomic mass is 16.5. The van der Waals surface area contributed by atoms with Crippen LogP contribution in [0, 0.1) is 5.92 Å². The van der Waals surface area contributed by atoms with Crippen molar-refractivity contribution in [2.45, 2.75) is 64.5 Å². The van der Waals surface area contributed by atoms with Gasteiger partial charge in [-0.05, 0) is 25.7 Å². The molecule has 1 aliphatic carbocycles. The zero-order valence-corrected chi connectivity index (χ0v) is 9.67. The summed E-state index contributed by atoms with van der Waals surface area (Å²) >= 11 is 0. The molecule has 2 heteroatoms. The highest BCUT2D eigenvalue weighted by Crippen LogP contribution is 2.27. The predicted molar refractivity (Wildman–Crippen MR) is 60.3 cm³/mol. The van der Waals surface area contributed by atoms with E-state index in [1.54, 1.807) is 0 Å². The highest BCUT2D eigenvalue weighted by Gasteiger charge is 2.25. The largest absolute Gasteiger partial charge is 0.377 e. The average molecular weight is 199 g/mol. The zero-order chi connectivity index (χ0) is 10.4. The number of ether oxygens (including phenoxy) is 1. The Morgan fingerprint density at radius 2 is 2.07 bits per heavy atom. The molecular formula is C12H25NO. The van der Waals surface area contributed by atoms with Gasteiger partial charge in [0, 0.05) is 12.6 Å². The van der Waals surface area contributed by atoms with E-state index in [1.165, 1.54) is 32.1 Å². The topological polar surface area (TPSA) is 35.2 Å². The van der Waals surface area contributed by atoms with Gasteiger partial charge in [0.15, 0.2) is 0 Å². The summed E-state index contributed by atoms with van der Waals surface area (Å²) in [7, 11) is 0. The summed E-state index contributed by atoms with van der Waals surface area (Å²) in [5.41, 5.74) is 6.16. The Morgan fingerprint density at radius 1 is 1.29 bits per heavy atom. The lowest BCUT2D eigenvalue weighted by Gasteiger charge is -2.22. The van der Waals surface area contributed by atoms with Gasteiger partial charge < -0.3 is 10.5 Å². The molecule has 0 aromatic rings. The van der Waals surface area contributed by atoms with Crippen LogP contribution in [0.5, 0.6) is 0 Å². The van der Waals surface area contributed by atoms with Gasteiger partial charge in [0.2, 0.25) is 0 Å². The lowest BCUT2D eigenvalue weighted by Crippen LogP contribution is -2.36. The highest BCUT2D eigenvalue weighted by molar-refractivity contribution is 4.81. The first kappa shape index (κ1) is 12.0. The van der Waals surface area contributed by atoms with Gasteiger partial charge in [0.05, 0.1) is 6.10 Å². The van der Waals surface area contributed by atoms with Gasteiger partial charge in [0.25, 0.3) is 0 Å². The van der Waals surface area contributed by atoms with Crippen LogP contribution in [-0.2, 0) is 4.74 Å². The number of rotatable bonds is 4. The summed E-state index contributed by atoms with van der Waals surface area (Å²) < 4.78 is 5.68. The fourth-order valence-electron chi connectivity index (χ4n) is 2.57. The normalized spacial score (nSPS) is 34.1. The summed E-state index contributed by atoms with van der Waals surface area (Å²) in [4.78, 5) is 0. The molecule has 0 heterocycles.